The Morgan fingerprint density at radius 3 is 2.67 bits per heavy atom. The van der Waals surface area contributed by atoms with Gasteiger partial charge in [-0.05, 0) is 38.3 Å². The average molecular weight is 349 g/mol. The zero-order valence-corrected chi connectivity index (χ0v) is 15.1. The minimum absolute atomic E-state index is 0.105. The van der Waals surface area contributed by atoms with E-state index in [4.69, 9.17) is 4.52 Å². The van der Waals surface area contributed by atoms with E-state index in [9.17, 15) is 8.42 Å². The van der Waals surface area contributed by atoms with Crippen LogP contribution >= 0.6 is 0 Å². The van der Waals surface area contributed by atoms with E-state index in [2.05, 4.69) is 33.0 Å². The number of rotatable bonds is 5. The molecule has 24 heavy (non-hydrogen) atoms. The van der Waals surface area contributed by atoms with E-state index in [0.717, 1.165) is 19.5 Å². The van der Waals surface area contributed by atoms with E-state index in [0.29, 0.717) is 18.0 Å². The van der Waals surface area contributed by atoms with Crippen LogP contribution in [0.15, 0.2) is 33.7 Å². The van der Waals surface area contributed by atoms with Gasteiger partial charge in [-0.15, -0.1) is 0 Å². The fourth-order valence-corrected chi connectivity index (χ4v) is 4.63. The topological polar surface area (TPSA) is 75.4 Å². The molecule has 0 amide bonds. The third kappa shape index (κ3) is 3.38. The molecule has 0 aliphatic carbocycles. The SMILES string of the molecule is Cc1noc(C)c1S(=O)(=O)NC[C@@H](C)N1CCc2ccccc2C1. The van der Waals surface area contributed by atoms with E-state index in [1.165, 1.54) is 11.1 Å². The monoisotopic (exact) mass is 349 g/mol. The molecule has 7 heteroatoms. The molecule has 0 spiro atoms. The number of hydrogen-bond donors (Lipinski definition) is 1. The third-order valence-electron chi connectivity index (χ3n) is 4.59. The second-order valence-electron chi connectivity index (χ2n) is 6.34. The van der Waals surface area contributed by atoms with Crippen LogP contribution in [0.2, 0.25) is 0 Å². The Morgan fingerprint density at radius 2 is 2.00 bits per heavy atom. The number of nitrogens with zero attached hydrogens (tertiary/aromatic N) is 2. The molecule has 130 valence electrons. The normalized spacial score (nSPS) is 16.8. The molecule has 0 fully saturated rings. The third-order valence-corrected chi connectivity index (χ3v) is 6.26. The number of aryl methyl sites for hydroxylation is 2. The molecular weight excluding hydrogens is 326 g/mol. The highest BCUT2D eigenvalue weighted by atomic mass is 32.2. The van der Waals surface area contributed by atoms with Gasteiger partial charge in [-0.1, -0.05) is 29.4 Å². The lowest BCUT2D eigenvalue weighted by atomic mass is 9.99. The minimum Gasteiger partial charge on any atom is -0.360 e. The maximum absolute atomic E-state index is 12.5. The largest absolute Gasteiger partial charge is 0.360 e. The molecule has 1 aliphatic heterocycles. The van der Waals surface area contributed by atoms with E-state index in [-0.39, 0.29) is 10.9 Å². The number of nitrogens with one attached hydrogen (secondary N) is 1. The van der Waals surface area contributed by atoms with Crippen molar-refractivity contribution < 1.29 is 12.9 Å². The fraction of sp³-hybridized carbons (Fsp3) is 0.471. The predicted octanol–water partition coefficient (Wildman–Crippen LogP) is 2.02. The van der Waals surface area contributed by atoms with Crippen LogP contribution in [0.25, 0.3) is 0 Å². The highest BCUT2D eigenvalue weighted by Gasteiger charge is 2.26. The van der Waals surface area contributed by atoms with Gasteiger partial charge in [-0.25, -0.2) is 13.1 Å². The van der Waals surface area contributed by atoms with Gasteiger partial charge in [0.25, 0.3) is 0 Å². The number of aromatic nitrogens is 1. The number of benzene rings is 1. The van der Waals surface area contributed by atoms with E-state index in [1.807, 2.05) is 13.0 Å². The maximum atomic E-state index is 12.5. The zero-order valence-electron chi connectivity index (χ0n) is 14.2. The van der Waals surface area contributed by atoms with Crippen molar-refractivity contribution in [1.29, 1.82) is 0 Å². The van der Waals surface area contributed by atoms with Crippen molar-refractivity contribution in [3.05, 3.63) is 46.8 Å². The van der Waals surface area contributed by atoms with Crippen LogP contribution in [-0.4, -0.2) is 37.6 Å². The maximum Gasteiger partial charge on any atom is 0.246 e. The number of sulfonamides is 1. The first-order valence-corrected chi connectivity index (χ1v) is 9.60. The van der Waals surface area contributed by atoms with E-state index >= 15 is 0 Å². The van der Waals surface area contributed by atoms with Gasteiger partial charge >= 0.3 is 0 Å². The van der Waals surface area contributed by atoms with Crippen molar-refractivity contribution >= 4 is 10.0 Å². The van der Waals surface area contributed by atoms with Gasteiger partial charge in [0.1, 0.15) is 10.6 Å². The molecule has 0 bridgehead atoms. The van der Waals surface area contributed by atoms with Crippen molar-refractivity contribution in [2.24, 2.45) is 0 Å². The summed E-state index contributed by atoms with van der Waals surface area (Å²) in [5.41, 5.74) is 3.10. The second-order valence-corrected chi connectivity index (χ2v) is 8.05. The molecule has 1 aliphatic rings. The van der Waals surface area contributed by atoms with E-state index in [1.54, 1.807) is 13.8 Å². The van der Waals surface area contributed by atoms with Crippen LogP contribution in [0.4, 0.5) is 0 Å². The summed E-state index contributed by atoms with van der Waals surface area (Å²) in [5, 5.41) is 3.72. The van der Waals surface area contributed by atoms with Crippen LogP contribution < -0.4 is 4.72 Å². The summed E-state index contributed by atoms with van der Waals surface area (Å²) in [7, 11) is -3.61. The van der Waals surface area contributed by atoms with Crippen molar-refractivity contribution in [1.82, 2.24) is 14.8 Å². The highest BCUT2D eigenvalue weighted by molar-refractivity contribution is 7.89. The Balaban J connectivity index is 1.65. The lowest BCUT2D eigenvalue weighted by molar-refractivity contribution is 0.192. The van der Waals surface area contributed by atoms with Crippen LogP contribution in [0.1, 0.15) is 29.5 Å². The standard InChI is InChI=1S/C17H23N3O3S/c1-12(20-9-8-15-6-4-5-7-16(15)11-20)10-18-24(21,22)17-13(2)19-23-14(17)3/h4-7,12,18H,8-11H2,1-3H3/t12-/m1/s1. The molecule has 1 aromatic heterocycles. The Kier molecular flexibility index (Phi) is 4.76. The summed E-state index contributed by atoms with van der Waals surface area (Å²) in [5.74, 6) is 0.319. The first kappa shape index (κ1) is 17.1. The predicted molar refractivity (Wildman–Crippen MR) is 91.2 cm³/mol. The van der Waals surface area contributed by atoms with Crippen molar-refractivity contribution in [3.63, 3.8) is 0 Å². The van der Waals surface area contributed by atoms with Crippen LogP contribution in [0.3, 0.4) is 0 Å². The molecule has 6 nitrogen and oxygen atoms in total. The summed E-state index contributed by atoms with van der Waals surface area (Å²) in [6, 6.07) is 8.52. The van der Waals surface area contributed by atoms with Crippen molar-refractivity contribution in [2.45, 2.75) is 44.7 Å². The lowest BCUT2D eigenvalue weighted by Crippen LogP contribution is -2.44. The zero-order chi connectivity index (χ0) is 17.3. The summed E-state index contributed by atoms with van der Waals surface area (Å²) in [4.78, 5) is 2.46. The average Bonchev–Trinajstić information content (AvgIpc) is 2.91. The molecule has 0 radical (unpaired) electrons. The van der Waals surface area contributed by atoms with Gasteiger partial charge in [0, 0.05) is 25.7 Å². The lowest BCUT2D eigenvalue weighted by Gasteiger charge is -2.33. The summed E-state index contributed by atoms with van der Waals surface area (Å²) in [6.07, 6.45) is 0.997. The Morgan fingerprint density at radius 1 is 1.29 bits per heavy atom. The van der Waals surface area contributed by atoms with Crippen LogP contribution in [-0.2, 0) is 23.0 Å². The van der Waals surface area contributed by atoms with Gasteiger partial charge in [0.05, 0.1) is 0 Å². The first-order valence-electron chi connectivity index (χ1n) is 8.12. The van der Waals surface area contributed by atoms with Gasteiger partial charge in [-0.3, -0.25) is 4.90 Å². The van der Waals surface area contributed by atoms with Crippen LogP contribution in [0, 0.1) is 13.8 Å². The van der Waals surface area contributed by atoms with E-state index < -0.39 is 10.0 Å². The molecule has 2 aromatic rings. The minimum atomic E-state index is -3.61. The molecule has 0 saturated carbocycles. The summed E-state index contributed by atoms with van der Waals surface area (Å²) >= 11 is 0. The molecular formula is C17H23N3O3S. The second kappa shape index (κ2) is 6.66. The Bertz CT molecular complexity index is 810. The molecule has 2 heterocycles. The smallest absolute Gasteiger partial charge is 0.246 e. The van der Waals surface area contributed by atoms with Gasteiger partial charge in [-0.2, -0.15) is 0 Å². The molecule has 0 unspecified atom stereocenters. The molecule has 1 N–H and O–H groups in total. The Labute approximate surface area is 142 Å². The Hall–Kier alpha value is -1.70. The summed E-state index contributed by atoms with van der Waals surface area (Å²) in [6.45, 7) is 7.43. The fourth-order valence-electron chi connectivity index (χ4n) is 3.18. The molecule has 1 atom stereocenters. The number of hydrogen-bond acceptors (Lipinski definition) is 5. The highest BCUT2D eigenvalue weighted by Crippen LogP contribution is 2.21. The molecule has 1 aromatic carbocycles. The molecule has 3 rings (SSSR count). The molecule has 0 saturated heterocycles. The van der Waals surface area contributed by atoms with Gasteiger partial charge < -0.3 is 4.52 Å². The van der Waals surface area contributed by atoms with Gasteiger partial charge in [0.2, 0.25) is 10.0 Å². The summed E-state index contributed by atoms with van der Waals surface area (Å²) < 4.78 is 32.6. The van der Waals surface area contributed by atoms with Gasteiger partial charge in [0.15, 0.2) is 5.76 Å². The number of fused-ring (bicyclic) bond motifs is 1. The van der Waals surface area contributed by atoms with Crippen molar-refractivity contribution in [3.8, 4) is 0 Å². The quantitative estimate of drug-likeness (QED) is 0.894. The van der Waals surface area contributed by atoms with Crippen LogP contribution in [0.5, 0.6) is 0 Å². The first-order chi connectivity index (χ1) is 11.4. The van der Waals surface area contributed by atoms with Crippen molar-refractivity contribution in [2.75, 3.05) is 13.1 Å².